The predicted octanol–water partition coefficient (Wildman–Crippen LogP) is 1.67. The smallest absolute Gasteiger partial charge is 0.336 e. The first-order valence-corrected chi connectivity index (χ1v) is 3.66. The SMILES string of the molecule is COCc1cc(F)ccc1C(=O)O. The maximum Gasteiger partial charge on any atom is 0.336 e. The van der Waals surface area contributed by atoms with Crippen LogP contribution in [0.25, 0.3) is 0 Å². The fraction of sp³-hybridized carbons (Fsp3) is 0.222. The molecule has 3 nitrogen and oxygen atoms in total. The number of carboxylic acid groups (broad SMARTS) is 1. The molecule has 0 aliphatic carbocycles. The highest BCUT2D eigenvalue weighted by Crippen LogP contribution is 2.12. The molecule has 70 valence electrons. The molecule has 1 aromatic carbocycles. The standard InChI is InChI=1S/C9H9FO3/c1-13-5-6-4-7(10)2-3-8(6)9(11)12/h2-4H,5H2,1H3,(H,11,12). The molecule has 0 unspecified atom stereocenters. The second kappa shape index (κ2) is 4.00. The number of benzene rings is 1. The van der Waals surface area contributed by atoms with E-state index in [1.165, 1.54) is 13.2 Å². The van der Waals surface area contributed by atoms with E-state index < -0.39 is 11.8 Å². The van der Waals surface area contributed by atoms with E-state index in [-0.39, 0.29) is 12.2 Å². The van der Waals surface area contributed by atoms with Crippen LogP contribution in [0.3, 0.4) is 0 Å². The van der Waals surface area contributed by atoms with Gasteiger partial charge >= 0.3 is 5.97 Å². The van der Waals surface area contributed by atoms with E-state index in [1.807, 2.05) is 0 Å². The Kier molecular flexibility index (Phi) is 2.97. The van der Waals surface area contributed by atoms with Crippen LogP contribution in [0, 0.1) is 5.82 Å². The predicted molar refractivity (Wildman–Crippen MR) is 44.1 cm³/mol. The topological polar surface area (TPSA) is 46.5 Å². The van der Waals surface area contributed by atoms with Gasteiger partial charge in [0, 0.05) is 7.11 Å². The van der Waals surface area contributed by atoms with E-state index in [4.69, 9.17) is 9.84 Å². The lowest BCUT2D eigenvalue weighted by molar-refractivity contribution is 0.0691. The monoisotopic (exact) mass is 184 g/mol. The summed E-state index contributed by atoms with van der Waals surface area (Å²) in [4.78, 5) is 10.6. The van der Waals surface area contributed by atoms with Gasteiger partial charge in [0.2, 0.25) is 0 Å². The third-order valence-electron chi connectivity index (χ3n) is 1.60. The molecular weight excluding hydrogens is 175 g/mol. The number of hydrogen-bond donors (Lipinski definition) is 1. The first-order chi connectivity index (χ1) is 6.15. The maximum atomic E-state index is 12.7. The van der Waals surface area contributed by atoms with Crippen LogP contribution in [0.15, 0.2) is 18.2 Å². The second-order valence-electron chi connectivity index (χ2n) is 2.54. The summed E-state index contributed by atoms with van der Waals surface area (Å²) >= 11 is 0. The largest absolute Gasteiger partial charge is 0.478 e. The van der Waals surface area contributed by atoms with Gasteiger partial charge in [-0.3, -0.25) is 0 Å². The fourth-order valence-electron chi connectivity index (χ4n) is 1.05. The van der Waals surface area contributed by atoms with E-state index in [2.05, 4.69) is 0 Å². The third kappa shape index (κ3) is 2.26. The van der Waals surface area contributed by atoms with Crippen LogP contribution < -0.4 is 0 Å². The van der Waals surface area contributed by atoms with Gasteiger partial charge in [0.05, 0.1) is 12.2 Å². The van der Waals surface area contributed by atoms with Gasteiger partial charge in [-0.1, -0.05) is 0 Å². The molecule has 1 N–H and O–H groups in total. The Morgan fingerprint density at radius 2 is 2.31 bits per heavy atom. The Balaban J connectivity index is 3.10. The van der Waals surface area contributed by atoms with Crippen molar-refractivity contribution in [3.63, 3.8) is 0 Å². The molecule has 13 heavy (non-hydrogen) atoms. The second-order valence-corrected chi connectivity index (χ2v) is 2.54. The van der Waals surface area contributed by atoms with Crippen LogP contribution >= 0.6 is 0 Å². The molecule has 0 spiro atoms. The van der Waals surface area contributed by atoms with Crippen LogP contribution in [0.5, 0.6) is 0 Å². The average Bonchev–Trinajstić information content (AvgIpc) is 2.04. The van der Waals surface area contributed by atoms with Crippen molar-refractivity contribution in [3.05, 3.63) is 35.1 Å². The normalized spacial score (nSPS) is 10.0. The highest BCUT2D eigenvalue weighted by Gasteiger charge is 2.09. The first-order valence-electron chi connectivity index (χ1n) is 3.66. The molecule has 0 bridgehead atoms. The van der Waals surface area contributed by atoms with Crippen molar-refractivity contribution in [1.82, 2.24) is 0 Å². The molecule has 0 heterocycles. The number of hydrogen-bond acceptors (Lipinski definition) is 2. The zero-order valence-corrected chi connectivity index (χ0v) is 7.08. The molecule has 0 aliphatic heterocycles. The minimum atomic E-state index is -1.08. The first kappa shape index (κ1) is 9.67. The summed E-state index contributed by atoms with van der Waals surface area (Å²) < 4.78 is 17.4. The Morgan fingerprint density at radius 1 is 1.62 bits per heavy atom. The molecule has 0 atom stereocenters. The van der Waals surface area contributed by atoms with Crippen LogP contribution in [-0.2, 0) is 11.3 Å². The summed E-state index contributed by atoms with van der Waals surface area (Å²) in [5.41, 5.74) is 0.415. The molecular formula is C9H9FO3. The molecule has 0 amide bonds. The van der Waals surface area contributed by atoms with Crippen molar-refractivity contribution < 1.29 is 19.0 Å². The minimum absolute atomic E-state index is 0.0725. The highest BCUT2D eigenvalue weighted by atomic mass is 19.1. The number of carboxylic acids is 1. The molecule has 0 saturated heterocycles. The zero-order chi connectivity index (χ0) is 9.84. The van der Waals surface area contributed by atoms with Crippen molar-refractivity contribution in [2.75, 3.05) is 7.11 Å². The third-order valence-corrected chi connectivity index (χ3v) is 1.60. The van der Waals surface area contributed by atoms with E-state index >= 15 is 0 Å². The average molecular weight is 184 g/mol. The van der Waals surface area contributed by atoms with Crippen molar-refractivity contribution in [3.8, 4) is 0 Å². The molecule has 0 aromatic heterocycles. The van der Waals surface area contributed by atoms with Crippen molar-refractivity contribution in [1.29, 1.82) is 0 Å². The summed E-state index contributed by atoms with van der Waals surface area (Å²) in [6.07, 6.45) is 0. The van der Waals surface area contributed by atoms with Gasteiger partial charge in [-0.2, -0.15) is 0 Å². The number of carbonyl (C=O) groups is 1. The van der Waals surface area contributed by atoms with Crippen LogP contribution in [0.1, 0.15) is 15.9 Å². The van der Waals surface area contributed by atoms with Crippen molar-refractivity contribution in [2.24, 2.45) is 0 Å². The van der Waals surface area contributed by atoms with Crippen LogP contribution in [-0.4, -0.2) is 18.2 Å². The Bertz CT molecular complexity index is 323. The molecule has 0 aliphatic rings. The highest BCUT2D eigenvalue weighted by molar-refractivity contribution is 5.89. The summed E-state index contributed by atoms with van der Waals surface area (Å²) in [5.74, 6) is -1.54. The van der Waals surface area contributed by atoms with E-state index in [0.717, 1.165) is 12.1 Å². The summed E-state index contributed by atoms with van der Waals surface area (Å²) in [6, 6.07) is 3.50. The number of ether oxygens (including phenoxy) is 1. The minimum Gasteiger partial charge on any atom is -0.478 e. The molecule has 0 radical (unpaired) electrons. The molecule has 0 saturated carbocycles. The number of methoxy groups -OCH3 is 1. The fourth-order valence-corrected chi connectivity index (χ4v) is 1.05. The zero-order valence-electron chi connectivity index (χ0n) is 7.08. The Morgan fingerprint density at radius 3 is 2.85 bits per heavy atom. The van der Waals surface area contributed by atoms with E-state index in [0.29, 0.717) is 5.56 Å². The van der Waals surface area contributed by atoms with Crippen LogP contribution in [0.4, 0.5) is 4.39 Å². The van der Waals surface area contributed by atoms with Gasteiger partial charge in [0.15, 0.2) is 0 Å². The molecule has 1 rings (SSSR count). The quantitative estimate of drug-likeness (QED) is 0.777. The lowest BCUT2D eigenvalue weighted by Gasteiger charge is -2.04. The van der Waals surface area contributed by atoms with E-state index in [9.17, 15) is 9.18 Å². The van der Waals surface area contributed by atoms with Gasteiger partial charge in [-0.25, -0.2) is 9.18 Å². The van der Waals surface area contributed by atoms with E-state index in [1.54, 1.807) is 0 Å². The van der Waals surface area contributed by atoms with Gasteiger partial charge < -0.3 is 9.84 Å². The van der Waals surface area contributed by atoms with Crippen molar-refractivity contribution >= 4 is 5.97 Å². The molecule has 0 fully saturated rings. The Labute approximate surface area is 74.8 Å². The van der Waals surface area contributed by atoms with Gasteiger partial charge in [-0.05, 0) is 23.8 Å². The Hall–Kier alpha value is -1.42. The summed E-state index contributed by atoms with van der Waals surface area (Å²) in [6.45, 7) is 0.0966. The summed E-state index contributed by atoms with van der Waals surface area (Å²) in [5, 5.41) is 8.71. The maximum absolute atomic E-state index is 12.7. The van der Waals surface area contributed by atoms with Crippen molar-refractivity contribution in [2.45, 2.75) is 6.61 Å². The summed E-state index contributed by atoms with van der Waals surface area (Å²) in [7, 11) is 1.43. The van der Waals surface area contributed by atoms with Gasteiger partial charge in [-0.15, -0.1) is 0 Å². The molecule has 4 heteroatoms. The molecule has 1 aromatic rings. The number of rotatable bonds is 3. The van der Waals surface area contributed by atoms with Crippen LogP contribution in [0.2, 0.25) is 0 Å². The van der Waals surface area contributed by atoms with Gasteiger partial charge in [0.25, 0.3) is 0 Å². The van der Waals surface area contributed by atoms with Gasteiger partial charge in [0.1, 0.15) is 5.82 Å². The lowest BCUT2D eigenvalue weighted by atomic mass is 10.1. The number of aromatic carboxylic acids is 1. The lowest BCUT2D eigenvalue weighted by Crippen LogP contribution is -2.03. The number of halogens is 1.